The normalized spacial score (nSPS) is 23.6. The highest BCUT2D eigenvalue weighted by Crippen LogP contribution is 2.42. The number of hydrogen-bond acceptors (Lipinski definition) is 7. The summed E-state index contributed by atoms with van der Waals surface area (Å²) in [5.41, 5.74) is 2.80. The van der Waals surface area contributed by atoms with Gasteiger partial charge in [-0.2, -0.15) is 0 Å². The second-order valence-electron chi connectivity index (χ2n) is 7.45. The molecule has 0 aliphatic carbocycles. The smallest absolute Gasteiger partial charge is 0.161 e. The van der Waals surface area contributed by atoms with Crippen molar-refractivity contribution in [3.05, 3.63) is 47.5 Å². The minimum Gasteiger partial charge on any atom is -0.493 e. The first-order valence-electron chi connectivity index (χ1n) is 9.90. The van der Waals surface area contributed by atoms with Crippen LogP contribution in [0, 0.1) is 11.8 Å². The summed E-state index contributed by atoms with van der Waals surface area (Å²) in [6.45, 7) is 4.12. The minimum atomic E-state index is -0.0787. The summed E-state index contributed by atoms with van der Waals surface area (Å²) in [7, 11) is 6.47. The van der Waals surface area contributed by atoms with Crippen LogP contribution in [0.2, 0.25) is 0 Å². The fraction of sp³-hybridized carbons (Fsp3) is 0.435. The van der Waals surface area contributed by atoms with E-state index in [1.54, 1.807) is 28.4 Å². The van der Waals surface area contributed by atoms with Crippen LogP contribution in [0.3, 0.4) is 0 Å². The van der Waals surface area contributed by atoms with Gasteiger partial charge in [-0.15, -0.1) is 0 Å². The molecule has 4 atom stereocenters. The predicted molar refractivity (Wildman–Crippen MR) is 115 cm³/mol. The standard InChI is InChI=1S/C23H30N2O5/c1-13-21(25-26)14(2)23(16-8-10-18(28-4)20(12-16)30-6)24-22(13)15-7-9-17(27-3)19(11-15)29-5/h7-14,22-24,26H,1-6H3/t13-,14-,22+,23+/m1/s1. The maximum absolute atomic E-state index is 9.80. The lowest BCUT2D eigenvalue weighted by Crippen LogP contribution is -2.46. The molecular weight excluding hydrogens is 384 g/mol. The number of nitrogens with zero attached hydrogens (tertiary/aromatic N) is 1. The van der Waals surface area contributed by atoms with E-state index in [0.29, 0.717) is 23.0 Å². The molecule has 30 heavy (non-hydrogen) atoms. The summed E-state index contributed by atoms with van der Waals surface area (Å²) in [5.74, 6) is 2.63. The zero-order valence-corrected chi connectivity index (χ0v) is 18.3. The number of ether oxygens (including phenoxy) is 4. The van der Waals surface area contributed by atoms with E-state index in [9.17, 15) is 5.21 Å². The van der Waals surface area contributed by atoms with E-state index in [2.05, 4.69) is 24.3 Å². The summed E-state index contributed by atoms with van der Waals surface area (Å²) in [6, 6.07) is 11.6. The van der Waals surface area contributed by atoms with Crippen molar-refractivity contribution in [1.29, 1.82) is 0 Å². The zero-order chi connectivity index (χ0) is 21.8. The Morgan fingerprint density at radius 1 is 0.700 bits per heavy atom. The Morgan fingerprint density at radius 3 is 1.43 bits per heavy atom. The van der Waals surface area contributed by atoms with E-state index in [1.165, 1.54) is 0 Å². The fourth-order valence-electron chi connectivity index (χ4n) is 4.28. The monoisotopic (exact) mass is 414 g/mol. The molecule has 0 aromatic heterocycles. The van der Waals surface area contributed by atoms with Gasteiger partial charge in [0.2, 0.25) is 0 Å². The van der Waals surface area contributed by atoms with Crippen LogP contribution in [0.1, 0.15) is 37.1 Å². The summed E-state index contributed by atoms with van der Waals surface area (Å²) in [5, 5.41) is 17.2. The molecule has 2 N–H and O–H groups in total. The fourth-order valence-corrected chi connectivity index (χ4v) is 4.28. The van der Waals surface area contributed by atoms with Gasteiger partial charge in [-0.05, 0) is 35.4 Å². The molecule has 1 heterocycles. The van der Waals surface area contributed by atoms with E-state index in [1.807, 2.05) is 36.4 Å². The molecule has 7 heteroatoms. The van der Waals surface area contributed by atoms with Gasteiger partial charge in [0.25, 0.3) is 0 Å². The van der Waals surface area contributed by atoms with E-state index >= 15 is 0 Å². The second-order valence-corrected chi connectivity index (χ2v) is 7.45. The molecule has 0 bridgehead atoms. The van der Waals surface area contributed by atoms with Crippen molar-refractivity contribution in [3.8, 4) is 23.0 Å². The van der Waals surface area contributed by atoms with Crippen LogP contribution in [0.25, 0.3) is 0 Å². The Kier molecular flexibility index (Phi) is 6.72. The highest BCUT2D eigenvalue weighted by Gasteiger charge is 2.39. The number of benzene rings is 2. The average Bonchev–Trinajstić information content (AvgIpc) is 2.78. The maximum Gasteiger partial charge on any atom is 0.161 e. The Balaban J connectivity index is 2.03. The molecule has 7 nitrogen and oxygen atoms in total. The van der Waals surface area contributed by atoms with Gasteiger partial charge in [0.05, 0.1) is 34.2 Å². The summed E-state index contributed by atoms with van der Waals surface area (Å²) < 4.78 is 21.7. The van der Waals surface area contributed by atoms with E-state index in [-0.39, 0.29) is 23.9 Å². The van der Waals surface area contributed by atoms with Gasteiger partial charge in [0, 0.05) is 23.9 Å². The third-order valence-electron chi connectivity index (χ3n) is 5.94. The van der Waals surface area contributed by atoms with E-state index in [4.69, 9.17) is 18.9 Å². The van der Waals surface area contributed by atoms with Gasteiger partial charge in [-0.1, -0.05) is 31.1 Å². The van der Waals surface area contributed by atoms with E-state index < -0.39 is 0 Å². The number of hydrogen-bond donors (Lipinski definition) is 2. The minimum absolute atomic E-state index is 0.0144. The van der Waals surface area contributed by atoms with Gasteiger partial charge in [0.15, 0.2) is 23.0 Å². The molecule has 2 aromatic rings. The highest BCUT2D eigenvalue weighted by molar-refractivity contribution is 5.90. The number of methoxy groups -OCH3 is 4. The third-order valence-corrected chi connectivity index (χ3v) is 5.94. The number of rotatable bonds is 6. The number of oxime groups is 1. The van der Waals surface area contributed by atoms with Crippen molar-refractivity contribution in [2.75, 3.05) is 28.4 Å². The number of nitrogens with one attached hydrogen (secondary N) is 1. The molecule has 0 spiro atoms. The third kappa shape index (κ3) is 3.89. The quantitative estimate of drug-likeness (QED) is 0.544. The maximum atomic E-state index is 9.80. The van der Waals surface area contributed by atoms with Gasteiger partial charge < -0.3 is 29.5 Å². The lowest BCUT2D eigenvalue weighted by Gasteiger charge is -2.41. The summed E-state index contributed by atoms with van der Waals surface area (Å²) >= 11 is 0. The molecule has 0 unspecified atom stereocenters. The molecule has 1 aliphatic heterocycles. The highest BCUT2D eigenvalue weighted by atomic mass is 16.5. The topological polar surface area (TPSA) is 81.5 Å². The van der Waals surface area contributed by atoms with Crippen molar-refractivity contribution < 1.29 is 24.2 Å². The van der Waals surface area contributed by atoms with E-state index in [0.717, 1.165) is 16.8 Å². The number of piperidine rings is 1. The predicted octanol–water partition coefficient (Wildman–Crippen LogP) is 4.21. The second kappa shape index (κ2) is 9.26. The first kappa shape index (κ1) is 21.8. The van der Waals surface area contributed by atoms with Crippen molar-refractivity contribution >= 4 is 5.71 Å². The van der Waals surface area contributed by atoms with Gasteiger partial charge in [0.1, 0.15) is 0 Å². The van der Waals surface area contributed by atoms with Crippen LogP contribution in [-0.4, -0.2) is 39.4 Å². The lowest BCUT2D eigenvalue weighted by molar-refractivity contribution is 0.270. The Hall–Kier alpha value is -2.93. The first-order valence-corrected chi connectivity index (χ1v) is 9.90. The zero-order valence-electron chi connectivity index (χ0n) is 18.3. The van der Waals surface area contributed by atoms with Gasteiger partial charge in [-0.25, -0.2) is 0 Å². The summed E-state index contributed by atoms with van der Waals surface area (Å²) in [6.07, 6.45) is 0. The Morgan fingerprint density at radius 2 is 1.10 bits per heavy atom. The molecular formula is C23H30N2O5. The van der Waals surface area contributed by atoms with Crippen LogP contribution in [0.5, 0.6) is 23.0 Å². The summed E-state index contributed by atoms with van der Waals surface area (Å²) in [4.78, 5) is 0. The molecule has 0 radical (unpaired) electrons. The van der Waals surface area contributed by atoms with Gasteiger partial charge >= 0.3 is 0 Å². The average molecular weight is 415 g/mol. The van der Waals surface area contributed by atoms with Crippen LogP contribution >= 0.6 is 0 Å². The van der Waals surface area contributed by atoms with Crippen molar-refractivity contribution in [2.45, 2.75) is 25.9 Å². The Bertz CT molecular complexity index is 845. The molecule has 162 valence electrons. The van der Waals surface area contributed by atoms with Crippen LogP contribution in [-0.2, 0) is 0 Å². The lowest BCUT2D eigenvalue weighted by atomic mass is 9.75. The molecule has 1 fully saturated rings. The van der Waals surface area contributed by atoms with Gasteiger partial charge in [-0.3, -0.25) is 0 Å². The van der Waals surface area contributed by atoms with Crippen LogP contribution in [0.15, 0.2) is 41.6 Å². The van der Waals surface area contributed by atoms with Crippen molar-refractivity contribution in [3.63, 3.8) is 0 Å². The SMILES string of the molecule is COc1ccc([C@H]2N[C@H](c3ccc(OC)c(OC)c3)[C@H](C)C(=NO)[C@H]2C)cc1OC. The van der Waals surface area contributed by atoms with Crippen LogP contribution in [0.4, 0.5) is 0 Å². The first-order chi connectivity index (χ1) is 14.5. The van der Waals surface area contributed by atoms with Crippen molar-refractivity contribution in [1.82, 2.24) is 5.32 Å². The molecule has 1 saturated heterocycles. The molecule has 0 amide bonds. The largest absolute Gasteiger partial charge is 0.493 e. The molecule has 2 aromatic carbocycles. The molecule has 1 aliphatic rings. The van der Waals surface area contributed by atoms with Crippen molar-refractivity contribution in [2.24, 2.45) is 17.0 Å². The molecule has 3 rings (SSSR count). The van der Waals surface area contributed by atoms with Crippen LogP contribution < -0.4 is 24.3 Å². The molecule has 0 saturated carbocycles. The Labute approximate surface area is 177 Å².